The summed E-state index contributed by atoms with van der Waals surface area (Å²) in [5, 5.41) is 0. The van der Waals surface area contributed by atoms with E-state index in [1.165, 1.54) is 77.4 Å². The van der Waals surface area contributed by atoms with Gasteiger partial charge in [-0.25, -0.2) is 4.98 Å². The van der Waals surface area contributed by atoms with Crippen molar-refractivity contribution >= 4 is 0 Å². The Balaban J connectivity index is 1.34. The first-order chi connectivity index (χ1) is 12.1. The number of aromatic nitrogens is 2. The van der Waals surface area contributed by atoms with Crippen LogP contribution in [0.1, 0.15) is 38.9 Å². The van der Waals surface area contributed by atoms with Gasteiger partial charge in [0.15, 0.2) is 0 Å². The summed E-state index contributed by atoms with van der Waals surface area (Å²) in [4.78, 5) is 12.5. The van der Waals surface area contributed by atoms with E-state index in [1.54, 1.807) is 0 Å². The van der Waals surface area contributed by atoms with E-state index < -0.39 is 0 Å². The Morgan fingerprint density at radius 1 is 1.08 bits per heavy atom. The molecule has 2 aliphatic rings. The number of likely N-dealkylation sites (tertiary alicyclic amines) is 1. The van der Waals surface area contributed by atoms with Gasteiger partial charge in [-0.2, -0.15) is 0 Å². The number of rotatable bonds is 7. The van der Waals surface area contributed by atoms with Crippen molar-refractivity contribution in [3.63, 3.8) is 0 Å². The average molecular weight is 348 g/mol. The molecule has 0 radical (unpaired) electrons. The lowest BCUT2D eigenvalue weighted by Crippen LogP contribution is -2.49. The van der Waals surface area contributed by atoms with Gasteiger partial charge in [-0.1, -0.05) is 0 Å². The minimum Gasteiger partial charge on any atom is -0.338 e. The van der Waals surface area contributed by atoms with E-state index in [2.05, 4.69) is 51.3 Å². The highest BCUT2D eigenvalue weighted by atomic mass is 15.3. The van der Waals surface area contributed by atoms with E-state index in [0.717, 1.165) is 12.3 Å². The third-order valence-electron chi connectivity index (χ3n) is 6.08. The minimum absolute atomic E-state index is 0.700. The quantitative estimate of drug-likeness (QED) is 0.755. The van der Waals surface area contributed by atoms with Gasteiger partial charge >= 0.3 is 0 Å². The van der Waals surface area contributed by atoms with Crippen molar-refractivity contribution in [2.75, 3.05) is 52.4 Å². The second kappa shape index (κ2) is 9.15. The minimum atomic E-state index is 0.700. The lowest BCUT2D eigenvalue weighted by molar-refractivity contribution is 0.101. The van der Waals surface area contributed by atoms with E-state index in [9.17, 15) is 0 Å². The standard InChI is InChI=1S/C20H37N5/c1-18(2)25-14-12-23(13-15-25)9-5-10-24-8-4-6-19(17-24)16-20-21-7-11-22(20)3/h7,11,18-19H,4-6,8-10,12-17H2,1-3H3/t19-/m0/s1. The summed E-state index contributed by atoms with van der Waals surface area (Å²) in [6, 6.07) is 0.700. The molecule has 0 bridgehead atoms. The fraction of sp³-hybridized carbons (Fsp3) is 0.850. The summed E-state index contributed by atoms with van der Waals surface area (Å²) in [6.07, 6.45) is 9.15. The molecular formula is C20H37N5. The molecule has 0 amide bonds. The summed E-state index contributed by atoms with van der Waals surface area (Å²) in [6.45, 7) is 14.7. The van der Waals surface area contributed by atoms with Gasteiger partial charge in [0.2, 0.25) is 0 Å². The maximum absolute atomic E-state index is 4.51. The predicted octanol–water partition coefficient (Wildman–Crippen LogP) is 2.09. The second-order valence-corrected chi connectivity index (χ2v) is 8.29. The molecule has 5 heteroatoms. The van der Waals surface area contributed by atoms with Gasteiger partial charge in [0.25, 0.3) is 0 Å². The van der Waals surface area contributed by atoms with Gasteiger partial charge in [-0.05, 0) is 58.7 Å². The van der Waals surface area contributed by atoms with Crippen LogP contribution >= 0.6 is 0 Å². The fourth-order valence-corrected chi connectivity index (χ4v) is 4.39. The molecule has 1 aromatic rings. The molecule has 1 atom stereocenters. The topological polar surface area (TPSA) is 27.5 Å². The summed E-state index contributed by atoms with van der Waals surface area (Å²) in [7, 11) is 2.11. The molecule has 2 saturated heterocycles. The van der Waals surface area contributed by atoms with Crippen molar-refractivity contribution in [2.45, 2.75) is 45.6 Å². The predicted molar refractivity (Wildman–Crippen MR) is 104 cm³/mol. The molecule has 1 aromatic heterocycles. The molecule has 0 aliphatic carbocycles. The van der Waals surface area contributed by atoms with E-state index in [4.69, 9.17) is 0 Å². The number of piperidine rings is 1. The number of piperazine rings is 1. The van der Waals surface area contributed by atoms with Crippen molar-refractivity contribution in [1.29, 1.82) is 0 Å². The number of hydrogen-bond donors (Lipinski definition) is 0. The Kier molecular flexibility index (Phi) is 6.91. The Bertz CT molecular complexity index is 504. The highest BCUT2D eigenvalue weighted by molar-refractivity contribution is 4.94. The maximum atomic E-state index is 4.51. The molecule has 25 heavy (non-hydrogen) atoms. The van der Waals surface area contributed by atoms with Crippen LogP contribution in [-0.2, 0) is 13.5 Å². The van der Waals surface area contributed by atoms with Crippen LogP contribution in [0.2, 0.25) is 0 Å². The number of imidazole rings is 1. The zero-order valence-electron chi connectivity index (χ0n) is 16.5. The van der Waals surface area contributed by atoms with E-state index in [1.807, 2.05) is 6.20 Å². The van der Waals surface area contributed by atoms with Gasteiger partial charge in [-0.3, -0.25) is 4.90 Å². The highest BCUT2D eigenvalue weighted by Gasteiger charge is 2.22. The first kappa shape index (κ1) is 18.9. The fourth-order valence-electron chi connectivity index (χ4n) is 4.39. The van der Waals surface area contributed by atoms with Crippen LogP contribution in [0.3, 0.4) is 0 Å². The summed E-state index contributed by atoms with van der Waals surface area (Å²) in [5.41, 5.74) is 0. The van der Waals surface area contributed by atoms with E-state index >= 15 is 0 Å². The lowest BCUT2D eigenvalue weighted by atomic mass is 9.94. The SMILES string of the molecule is CC(C)N1CCN(CCCN2CCC[C@@H](Cc3nccn3C)C2)CC1. The molecule has 0 saturated carbocycles. The molecule has 0 unspecified atom stereocenters. The van der Waals surface area contributed by atoms with Crippen LogP contribution < -0.4 is 0 Å². The average Bonchev–Trinajstić information content (AvgIpc) is 3.00. The highest BCUT2D eigenvalue weighted by Crippen LogP contribution is 2.20. The van der Waals surface area contributed by atoms with Crippen LogP contribution in [0, 0.1) is 5.92 Å². The molecule has 142 valence electrons. The van der Waals surface area contributed by atoms with Crippen LogP contribution in [0.25, 0.3) is 0 Å². The molecular weight excluding hydrogens is 310 g/mol. The van der Waals surface area contributed by atoms with Crippen molar-refractivity contribution in [2.24, 2.45) is 13.0 Å². The normalized spacial score (nSPS) is 24.2. The molecule has 0 N–H and O–H groups in total. The van der Waals surface area contributed by atoms with Gasteiger partial charge < -0.3 is 14.4 Å². The largest absolute Gasteiger partial charge is 0.338 e. The van der Waals surface area contributed by atoms with Crippen molar-refractivity contribution in [3.8, 4) is 0 Å². The van der Waals surface area contributed by atoms with E-state index in [-0.39, 0.29) is 0 Å². The summed E-state index contributed by atoms with van der Waals surface area (Å²) >= 11 is 0. The molecule has 0 aromatic carbocycles. The van der Waals surface area contributed by atoms with Crippen LogP contribution in [-0.4, -0.2) is 82.7 Å². The van der Waals surface area contributed by atoms with Gasteiger partial charge in [0.1, 0.15) is 5.82 Å². The molecule has 2 aliphatic heterocycles. The molecule has 5 nitrogen and oxygen atoms in total. The van der Waals surface area contributed by atoms with Crippen LogP contribution in [0.15, 0.2) is 12.4 Å². The van der Waals surface area contributed by atoms with Gasteiger partial charge in [-0.15, -0.1) is 0 Å². The molecule has 0 spiro atoms. The molecule has 2 fully saturated rings. The van der Waals surface area contributed by atoms with Crippen LogP contribution in [0.4, 0.5) is 0 Å². The number of nitrogens with zero attached hydrogens (tertiary/aromatic N) is 5. The Hall–Kier alpha value is -0.910. The maximum Gasteiger partial charge on any atom is 0.108 e. The zero-order chi connectivity index (χ0) is 17.6. The third-order valence-corrected chi connectivity index (χ3v) is 6.08. The number of aryl methyl sites for hydroxylation is 1. The molecule has 3 heterocycles. The lowest BCUT2D eigenvalue weighted by Gasteiger charge is -2.37. The first-order valence-electron chi connectivity index (χ1n) is 10.3. The van der Waals surface area contributed by atoms with E-state index in [0.29, 0.717) is 6.04 Å². The van der Waals surface area contributed by atoms with Crippen LogP contribution in [0.5, 0.6) is 0 Å². The monoisotopic (exact) mass is 347 g/mol. The Labute approximate surface area is 154 Å². The second-order valence-electron chi connectivity index (χ2n) is 8.29. The number of hydrogen-bond acceptors (Lipinski definition) is 4. The zero-order valence-corrected chi connectivity index (χ0v) is 16.5. The van der Waals surface area contributed by atoms with Crippen molar-refractivity contribution in [1.82, 2.24) is 24.3 Å². The molecule has 3 rings (SSSR count). The van der Waals surface area contributed by atoms with Crippen molar-refractivity contribution < 1.29 is 0 Å². The smallest absolute Gasteiger partial charge is 0.108 e. The van der Waals surface area contributed by atoms with Gasteiger partial charge in [0.05, 0.1) is 0 Å². The summed E-state index contributed by atoms with van der Waals surface area (Å²) in [5.74, 6) is 2.03. The Morgan fingerprint density at radius 2 is 1.84 bits per heavy atom. The summed E-state index contributed by atoms with van der Waals surface area (Å²) < 4.78 is 2.18. The Morgan fingerprint density at radius 3 is 2.52 bits per heavy atom. The van der Waals surface area contributed by atoms with Crippen molar-refractivity contribution in [3.05, 3.63) is 18.2 Å². The van der Waals surface area contributed by atoms with Gasteiger partial charge in [0, 0.05) is 64.6 Å². The first-order valence-corrected chi connectivity index (χ1v) is 10.3. The third kappa shape index (κ3) is 5.53.